The summed E-state index contributed by atoms with van der Waals surface area (Å²) >= 11 is 0. The van der Waals surface area contributed by atoms with Crippen LogP contribution >= 0.6 is 0 Å². The summed E-state index contributed by atoms with van der Waals surface area (Å²) in [5.41, 5.74) is 0.191. The highest BCUT2D eigenvalue weighted by Gasteiger charge is 2.21. The quantitative estimate of drug-likeness (QED) is 0.579. The number of aromatic nitrogens is 1. The van der Waals surface area contributed by atoms with Crippen molar-refractivity contribution in [1.82, 2.24) is 10.3 Å². The zero-order valence-electron chi connectivity index (χ0n) is 10.3. The van der Waals surface area contributed by atoms with Gasteiger partial charge in [-0.05, 0) is 18.9 Å². The van der Waals surface area contributed by atoms with Crippen LogP contribution in [0.5, 0.6) is 0 Å². The Hall–Kier alpha value is -1.33. The van der Waals surface area contributed by atoms with Crippen molar-refractivity contribution in [3.05, 3.63) is 23.5 Å². The Morgan fingerprint density at radius 1 is 1.47 bits per heavy atom. The lowest BCUT2D eigenvalue weighted by molar-refractivity contribution is 0.0322. The minimum atomic E-state index is -0.940. The fraction of sp³-hybridized carbons (Fsp3) is 0.583. The van der Waals surface area contributed by atoms with Crippen molar-refractivity contribution in [3.8, 4) is 0 Å². The Morgan fingerprint density at radius 2 is 2.12 bits per heavy atom. The van der Waals surface area contributed by atoms with Crippen molar-refractivity contribution in [3.63, 3.8) is 0 Å². The van der Waals surface area contributed by atoms with Crippen molar-refractivity contribution in [2.45, 2.75) is 38.8 Å². The fourth-order valence-corrected chi connectivity index (χ4v) is 1.67. The number of aromatic carboxylic acids is 1. The number of carboxylic acids is 1. The number of carbonyl (C=O) groups is 1. The van der Waals surface area contributed by atoms with E-state index >= 15 is 0 Å². The molecule has 17 heavy (non-hydrogen) atoms. The third kappa shape index (κ3) is 3.57. The van der Waals surface area contributed by atoms with Gasteiger partial charge in [-0.3, -0.25) is 0 Å². The van der Waals surface area contributed by atoms with E-state index in [0.717, 1.165) is 0 Å². The highest BCUT2D eigenvalue weighted by Crippen LogP contribution is 2.13. The van der Waals surface area contributed by atoms with Crippen LogP contribution in [0.1, 0.15) is 42.7 Å². The van der Waals surface area contributed by atoms with Crippen molar-refractivity contribution < 1.29 is 15.0 Å². The molecule has 0 unspecified atom stereocenters. The minimum absolute atomic E-state index is 0.272. The summed E-state index contributed by atoms with van der Waals surface area (Å²) in [5, 5.41) is 22.0. The number of rotatable bonds is 7. The lowest BCUT2D eigenvalue weighted by Crippen LogP contribution is -2.39. The van der Waals surface area contributed by atoms with Gasteiger partial charge in [-0.25, -0.2) is 4.79 Å². The van der Waals surface area contributed by atoms with E-state index < -0.39 is 11.6 Å². The zero-order chi connectivity index (χ0) is 12.9. The molecule has 0 aromatic carbocycles. The first kappa shape index (κ1) is 13.7. The molecule has 0 aliphatic rings. The monoisotopic (exact) mass is 240 g/mol. The second-order valence-corrected chi connectivity index (χ2v) is 4.21. The molecule has 0 fully saturated rings. The van der Waals surface area contributed by atoms with Gasteiger partial charge in [-0.1, -0.05) is 13.8 Å². The molecule has 0 spiro atoms. The van der Waals surface area contributed by atoms with Crippen molar-refractivity contribution >= 4 is 5.97 Å². The first-order chi connectivity index (χ1) is 8.02. The van der Waals surface area contributed by atoms with E-state index in [0.29, 0.717) is 31.6 Å². The van der Waals surface area contributed by atoms with Crippen LogP contribution in [0, 0.1) is 0 Å². The maximum atomic E-state index is 10.9. The maximum Gasteiger partial charge on any atom is 0.337 e. The number of aliphatic hydroxyl groups is 1. The van der Waals surface area contributed by atoms with Crippen LogP contribution in [0.4, 0.5) is 0 Å². The van der Waals surface area contributed by atoms with Crippen LogP contribution in [0.3, 0.4) is 0 Å². The normalized spacial score (nSPS) is 11.7. The summed E-state index contributed by atoms with van der Waals surface area (Å²) in [7, 11) is 0. The SMILES string of the molecule is CCC(O)(CC)CNCc1[nH]ccc1C(=O)O. The summed E-state index contributed by atoms with van der Waals surface area (Å²) in [6, 6.07) is 1.53. The van der Waals surface area contributed by atoms with Gasteiger partial charge in [0.1, 0.15) is 0 Å². The first-order valence-electron chi connectivity index (χ1n) is 5.85. The number of carboxylic acid groups (broad SMARTS) is 1. The molecule has 0 saturated carbocycles. The van der Waals surface area contributed by atoms with E-state index in [-0.39, 0.29) is 5.56 Å². The summed E-state index contributed by atoms with van der Waals surface area (Å²) in [5.74, 6) is -0.940. The molecule has 5 heteroatoms. The maximum absolute atomic E-state index is 10.9. The number of nitrogens with one attached hydrogen (secondary N) is 2. The topological polar surface area (TPSA) is 85.4 Å². The van der Waals surface area contributed by atoms with Gasteiger partial charge < -0.3 is 20.5 Å². The molecule has 1 aromatic rings. The Bertz CT molecular complexity index is 370. The highest BCUT2D eigenvalue weighted by atomic mass is 16.4. The van der Waals surface area contributed by atoms with E-state index in [1.807, 2.05) is 13.8 Å². The van der Waals surface area contributed by atoms with Crippen molar-refractivity contribution in [2.75, 3.05) is 6.54 Å². The third-order valence-electron chi connectivity index (χ3n) is 3.14. The smallest absolute Gasteiger partial charge is 0.337 e. The van der Waals surface area contributed by atoms with Crippen LogP contribution in [0.15, 0.2) is 12.3 Å². The van der Waals surface area contributed by atoms with E-state index in [1.165, 1.54) is 6.07 Å². The number of hydrogen-bond donors (Lipinski definition) is 4. The molecule has 1 aromatic heterocycles. The van der Waals surface area contributed by atoms with Crippen LogP contribution in [0.2, 0.25) is 0 Å². The number of hydrogen-bond acceptors (Lipinski definition) is 3. The molecule has 1 rings (SSSR count). The van der Waals surface area contributed by atoms with Gasteiger partial charge in [0.25, 0.3) is 0 Å². The molecule has 1 heterocycles. The standard InChI is InChI=1S/C12H20N2O3/c1-3-12(17,4-2)8-13-7-10-9(11(15)16)5-6-14-10/h5-6,13-14,17H,3-4,7-8H2,1-2H3,(H,15,16). The predicted octanol–water partition coefficient (Wildman–Crippen LogP) is 1.35. The molecule has 0 saturated heterocycles. The Labute approximate surface area is 101 Å². The molecule has 0 aliphatic carbocycles. The number of aromatic amines is 1. The molecule has 4 N–H and O–H groups in total. The molecule has 5 nitrogen and oxygen atoms in total. The van der Waals surface area contributed by atoms with Gasteiger partial charge >= 0.3 is 5.97 Å². The van der Waals surface area contributed by atoms with E-state index in [1.54, 1.807) is 6.20 Å². The molecule has 0 aliphatic heterocycles. The summed E-state index contributed by atoms with van der Waals surface area (Å²) < 4.78 is 0. The second-order valence-electron chi connectivity index (χ2n) is 4.21. The lowest BCUT2D eigenvalue weighted by atomic mass is 9.97. The fourth-order valence-electron chi connectivity index (χ4n) is 1.67. The summed E-state index contributed by atoms with van der Waals surface area (Å²) in [6.07, 6.45) is 2.95. The Morgan fingerprint density at radius 3 is 2.65 bits per heavy atom. The van der Waals surface area contributed by atoms with E-state index in [4.69, 9.17) is 5.11 Å². The van der Waals surface area contributed by atoms with Crippen molar-refractivity contribution in [1.29, 1.82) is 0 Å². The first-order valence-corrected chi connectivity index (χ1v) is 5.85. The summed E-state index contributed by atoms with van der Waals surface area (Å²) in [6.45, 7) is 4.74. The van der Waals surface area contributed by atoms with Crippen molar-refractivity contribution in [2.24, 2.45) is 0 Å². The van der Waals surface area contributed by atoms with Crippen LogP contribution < -0.4 is 5.32 Å². The van der Waals surface area contributed by atoms with E-state index in [9.17, 15) is 9.90 Å². The minimum Gasteiger partial charge on any atom is -0.478 e. The van der Waals surface area contributed by atoms with Gasteiger partial charge in [0.05, 0.1) is 11.2 Å². The molecule has 0 bridgehead atoms. The second kappa shape index (κ2) is 5.84. The predicted molar refractivity (Wildman–Crippen MR) is 65.0 cm³/mol. The Balaban J connectivity index is 2.51. The van der Waals surface area contributed by atoms with Gasteiger partial charge in [-0.2, -0.15) is 0 Å². The average molecular weight is 240 g/mol. The molecular formula is C12H20N2O3. The molecule has 0 amide bonds. The molecular weight excluding hydrogens is 220 g/mol. The van der Waals surface area contributed by atoms with Gasteiger partial charge in [0.15, 0.2) is 0 Å². The average Bonchev–Trinajstić information content (AvgIpc) is 2.77. The Kier molecular flexibility index (Phi) is 4.72. The number of H-pyrrole nitrogens is 1. The largest absolute Gasteiger partial charge is 0.478 e. The summed E-state index contributed by atoms with van der Waals surface area (Å²) in [4.78, 5) is 13.7. The lowest BCUT2D eigenvalue weighted by Gasteiger charge is -2.25. The van der Waals surface area contributed by atoms with Crippen LogP contribution in [-0.2, 0) is 6.54 Å². The zero-order valence-corrected chi connectivity index (χ0v) is 10.3. The molecule has 0 atom stereocenters. The third-order valence-corrected chi connectivity index (χ3v) is 3.14. The van der Waals surface area contributed by atoms with Gasteiger partial charge in [0.2, 0.25) is 0 Å². The van der Waals surface area contributed by atoms with Crippen LogP contribution in [0.25, 0.3) is 0 Å². The van der Waals surface area contributed by atoms with Crippen LogP contribution in [-0.4, -0.2) is 33.3 Å². The van der Waals surface area contributed by atoms with Gasteiger partial charge in [-0.15, -0.1) is 0 Å². The van der Waals surface area contributed by atoms with E-state index in [2.05, 4.69) is 10.3 Å². The molecule has 96 valence electrons. The van der Waals surface area contributed by atoms with Gasteiger partial charge in [0, 0.05) is 25.0 Å². The highest BCUT2D eigenvalue weighted by molar-refractivity contribution is 5.88. The molecule has 0 radical (unpaired) electrons.